The summed E-state index contributed by atoms with van der Waals surface area (Å²) in [4.78, 5) is 24.9. The van der Waals surface area contributed by atoms with E-state index in [0.717, 1.165) is 0 Å². The van der Waals surface area contributed by atoms with Crippen LogP contribution in [0.5, 0.6) is 11.5 Å². The van der Waals surface area contributed by atoms with E-state index in [0.29, 0.717) is 36.4 Å². The highest BCUT2D eigenvalue weighted by molar-refractivity contribution is 6.17. The Bertz CT molecular complexity index is 468. The van der Waals surface area contributed by atoms with Gasteiger partial charge in [-0.2, -0.15) is 0 Å². The molecule has 0 atom stereocenters. The highest BCUT2D eigenvalue weighted by Crippen LogP contribution is 2.34. The van der Waals surface area contributed by atoms with Crippen LogP contribution >= 0.6 is 0 Å². The van der Waals surface area contributed by atoms with Crippen molar-refractivity contribution in [1.82, 2.24) is 0 Å². The average molecular weight is 249 g/mol. The number of carbonyl (C=O) groups is 2. The van der Waals surface area contributed by atoms with E-state index in [1.54, 1.807) is 25.3 Å². The number of hydrogen-bond donors (Lipinski definition) is 0. The molecule has 0 aliphatic carbocycles. The lowest BCUT2D eigenvalue weighted by molar-refractivity contribution is -0.129. The first-order chi connectivity index (χ1) is 8.67. The number of imide groups is 1. The van der Waals surface area contributed by atoms with Gasteiger partial charge in [-0.05, 0) is 18.6 Å². The standard InChI is InChI=1S/C13H15NO4/c1-17-9-6-7-10(11(8-9)18-2)14-12(15)4-3-5-13(14)16/h6-8H,3-5H2,1-2H3. The molecule has 1 heterocycles. The second-order valence-electron chi connectivity index (χ2n) is 4.01. The van der Waals surface area contributed by atoms with Crippen LogP contribution in [-0.2, 0) is 9.59 Å². The fraction of sp³-hybridized carbons (Fsp3) is 0.385. The zero-order valence-corrected chi connectivity index (χ0v) is 10.4. The number of methoxy groups -OCH3 is 2. The van der Waals surface area contributed by atoms with Crippen molar-refractivity contribution in [3.63, 3.8) is 0 Å². The van der Waals surface area contributed by atoms with Crippen molar-refractivity contribution in [2.45, 2.75) is 19.3 Å². The van der Waals surface area contributed by atoms with Gasteiger partial charge in [-0.3, -0.25) is 9.59 Å². The monoisotopic (exact) mass is 249 g/mol. The minimum absolute atomic E-state index is 0.185. The van der Waals surface area contributed by atoms with E-state index in [1.807, 2.05) is 0 Å². The van der Waals surface area contributed by atoms with Crippen LogP contribution in [0.25, 0.3) is 0 Å². The van der Waals surface area contributed by atoms with Crippen LogP contribution in [0.2, 0.25) is 0 Å². The van der Waals surface area contributed by atoms with Gasteiger partial charge in [0.1, 0.15) is 11.5 Å². The fourth-order valence-corrected chi connectivity index (χ4v) is 1.99. The van der Waals surface area contributed by atoms with Crippen LogP contribution in [0.1, 0.15) is 19.3 Å². The molecule has 0 saturated carbocycles. The first-order valence-electron chi connectivity index (χ1n) is 5.75. The first kappa shape index (κ1) is 12.4. The topological polar surface area (TPSA) is 55.8 Å². The largest absolute Gasteiger partial charge is 0.497 e. The number of anilines is 1. The second kappa shape index (κ2) is 5.08. The quantitative estimate of drug-likeness (QED) is 0.766. The molecule has 0 N–H and O–H groups in total. The van der Waals surface area contributed by atoms with Crippen LogP contribution < -0.4 is 14.4 Å². The molecular weight excluding hydrogens is 234 g/mol. The molecule has 1 fully saturated rings. The number of nitrogens with zero attached hydrogens (tertiary/aromatic N) is 1. The highest BCUT2D eigenvalue weighted by atomic mass is 16.5. The third-order valence-electron chi connectivity index (χ3n) is 2.91. The number of piperidine rings is 1. The normalized spacial score (nSPS) is 15.8. The minimum atomic E-state index is -0.185. The van der Waals surface area contributed by atoms with Gasteiger partial charge in [-0.1, -0.05) is 0 Å². The number of rotatable bonds is 3. The Hall–Kier alpha value is -2.04. The van der Waals surface area contributed by atoms with E-state index in [4.69, 9.17) is 9.47 Å². The summed E-state index contributed by atoms with van der Waals surface area (Å²) in [6.07, 6.45) is 1.40. The van der Waals surface area contributed by atoms with Gasteiger partial charge in [-0.25, -0.2) is 4.90 Å². The van der Waals surface area contributed by atoms with Crippen LogP contribution in [0.3, 0.4) is 0 Å². The molecule has 0 spiro atoms. The third kappa shape index (κ3) is 2.16. The summed E-state index contributed by atoms with van der Waals surface area (Å²) < 4.78 is 10.3. The van der Waals surface area contributed by atoms with Crippen LogP contribution in [-0.4, -0.2) is 26.0 Å². The molecule has 1 aliphatic heterocycles. The van der Waals surface area contributed by atoms with Crippen LogP contribution in [0, 0.1) is 0 Å². The Kier molecular flexibility index (Phi) is 3.50. The summed E-state index contributed by atoms with van der Waals surface area (Å²) in [6, 6.07) is 5.02. The van der Waals surface area contributed by atoms with Gasteiger partial charge in [0.25, 0.3) is 0 Å². The van der Waals surface area contributed by atoms with Gasteiger partial charge < -0.3 is 9.47 Å². The molecule has 5 nitrogen and oxygen atoms in total. The summed E-state index contributed by atoms with van der Waals surface area (Å²) in [5, 5.41) is 0. The molecule has 1 aliphatic rings. The minimum Gasteiger partial charge on any atom is -0.497 e. The van der Waals surface area contributed by atoms with Gasteiger partial charge in [0.2, 0.25) is 11.8 Å². The number of amides is 2. The lowest BCUT2D eigenvalue weighted by Crippen LogP contribution is -2.40. The van der Waals surface area contributed by atoms with E-state index in [1.165, 1.54) is 12.0 Å². The Balaban J connectivity index is 2.42. The number of ether oxygens (including phenoxy) is 2. The third-order valence-corrected chi connectivity index (χ3v) is 2.91. The van der Waals surface area contributed by atoms with E-state index in [2.05, 4.69) is 0 Å². The van der Waals surface area contributed by atoms with E-state index >= 15 is 0 Å². The Labute approximate surface area is 105 Å². The van der Waals surface area contributed by atoms with Crippen molar-refractivity contribution in [2.24, 2.45) is 0 Å². The van der Waals surface area contributed by atoms with Crippen molar-refractivity contribution in [2.75, 3.05) is 19.1 Å². The Morgan fingerprint density at radius 3 is 2.28 bits per heavy atom. The van der Waals surface area contributed by atoms with E-state index in [9.17, 15) is 9.59 Å². The molecule has 1 aromatic carbocycles. The highest BCUT2D eigenvalue weighted by Gasteiger charge is 2.29. The second-order valence-corrected chi connectivity index (χ2v) is 4.01. The van der Waals surface area contributed by atoms with Gasteiger partial charge in [0.05, 0.1) is 19.9 Å². The Morgan fingerprint density at radius 2 is 1.72 bits per heavy atom. The van der Waals surface area contributed by atoms with Crippen LogP contribution in [0.4, 0.5) is 5.69 Å². The van der Waals surface area contributed by atoms with Gasteiger partial charge in [0.15, 0.2) is 0 Å². The molecule has 0 unspecified atom stereocenters. The molecule has 0 bridgehead atoms. The maximum absolute atomic E-state index is 11.8. The molecule has 2 rings (SSSR count). The number of hydrogen-bond acceptors (Lipinski definition) is 4. The summed E-state index contributed by atoms with van der Waals surface area (Å²) in [5.41, 5.74) is 0.480. The molecule has 2 amide bonds. The predicted molar refractivity (Wildman–Crippen MR) is 65.9 cm³/mol. The molecule has 0 aromatic heterocycles. The van der Waals surface area contributed by atoms with Crippen molar-refractivity contribution in [3.8, 4) is 11.5 Å². The summed E-state index contributed by atoms with van der Waals surface area (Å²) in [7, 11) is 3.04. The fourth-order valence-electron chi connectivity index (χ4n) is 1.99. The average Bonchev–Trinajstić information content (AvgIpc) is 2.38. The maximum Gasteiger partial charge on any atom is 0.233 e. The summed E-state index contributed by atoms with van der Waals surface area (Å²) in [5.74, 6) is 0.704. The van der Waals surface area contributed by atoms with Gasteiger partial charge >= 0.3 is 0 Å². The zero-order chi connectivity index (χ0) is 13.1. The molecule has 18 heavy (non-hydrogen) atoms. The lowest BCUT2D eigenvalue weighted by Gasteiger charge is -2.26. The number of carbonyl (C=O) groups excluding carboxylic acids is 2. The van der Waals surface area contributed by atoms with E-state index < -0.39 is 0 Å². The van der Waals surface area contributed by atoms with Gasteiger partial charge in [-0.15, -0.1) is 0 Å². The molecule has 1 saturated heterocycles. The first-order valence-corrected chi connectivity index (χ1v) is 5.75. The van der Waals surface area contributed by atoms with Crippen LogP contribution in [0.15, 0.2) is 18.2 Å². The molecular formula is C13H15NO4. The molecule has 5 heteroatoms. The molecule has 0 radical (unpaired) electrons. The zero-order valence-electron chi connectivity index (χ0n) is 10.4. The summed E-state index contributed by atoms with van der Waals surface area (Å²) in [6.45, 7) is 0. The van der Waals surface area contributed by atoms with Crippen molar-refractivity contribution < 1.29 is 19.1 Å². The maximum atomic E-state index is 11.8. The SMILES string of the molecule is COc1ccc(N2C(=O)CCCC2=O)c(OC)c1. The molecule has 1 aromatic rings. The van der Waals surface area contributed by atoms with Crippen molar-refractivity contribution >= 4 is 17.5 Å². The number of benzene rings is 1. The van der Waals surface area contributed by atoms with Crippen molar-refractivity contribution in [1.29, 1.82) is 0 Å². The van der Waals surface area contributed by atoms with Crippen molar-refractivity contribution in [3.05, 3.63) is 18.2 Å². The molecule has 96 valence electrons. The van der Waals surface area contributed by atoms with E-state index in [-0.39, 0.29) is 11.8 Å². The van der Waals surface area contributed by atoms with Gasteiger partial charge in [0, 0.05) is 18.9 Å². The Morgan fingerprint density at radius 1 is 1.06 bits per heavy atom. The lowest BCUT2D eigenvalue weighted by atomic mass is 10.1. The smallest absolute Gasteiger partial charge is 0.233 e. The summed E-state index contributed by atoms with van der Waals surface area (Å²) >= 11 is 0. The predicted octanol–water partition coefficient (Wildman–Crippen LogP) is 1.75.